The SMILES string of the molecule is CCNc1nc(OCC)c2cc(C)sc2n1. The first-order valence-electron chi connectivity index (χ1n) is 5.39. The van der Waals surface area contributed by atoms with Crippen molar-refractivity contribution in [2.45, 2.75) is 20.8 Å². The molecule has 0 fully saturated rings. The van der Waals surface area contributed by atoms with Crippen LogP contribution < -0.4 is 10.1 Å². The molecule has 4 nitrogen and oxygen atoms in total. The highest BCUT2D eigenvalue weighted by Gasteiger charge is 2.10. The molecule has 0 aliphatic rings. The lowest BCUT2D eigenvalue weighted by atomic mass is 10.3. The fraction of sp³-hybridized carbons (Fsp3) is 0.455. The van der Waals surface area contributed by atoms with E-state index in [1.807, 2.05) is 13.8 Å². The Bertz CT molecular complexity index is 495. The van der Waals surface area contributed by atoms with Crippen LogP contribution in [-0.2, 0) is 0 Å². The van der Waals surface area contributed by atoms with E-state index in [0.717, 1.165) is 16.8 Å². The van der Waals surface area contributed by atoms with Crippen LogP contribution in [0.25, 0.3) is 10.2 Å². The second-order valence-electron chi connectivity index (χ2n) is 3.39. The zero-order valence-electron chi connectivity index (χ0n) is 9.70. The lowest BCUT2D eigenvalue weighted by molar-refractivity contribution is 0.331. The summed E-state index contributed by atoms with van der Waals surface area (Å²) >= 11 is 1.66. The predicted octanol–water partition coefficient (Wildman–Crippen LogP) is 2.83. The Morgan fingerprint density at radius 2 is 2.19 bits per heavy atom. The van der Waals surface area contributed by atoms with Gasteiger partial charge in [0.1, 0.15) is 4.83 Å². The normalized spacial score (nSPS) is 10.7. The third kappa shape index (κ3) is 2.09. The van der Waals surface area contributed by atoms with E-state index in [9.17, 15) is 0 Å². The molecular weight excluding hydrogens is 222 g/mol. The van der Waals surface area contributed by atoms with Crippen molar-refractivity contribution in [3.8, 4) is 5.88 Å². The van der Waals surface area contributed by atoms with Gasteiger partial charge in [0.05, 0.1) is 12.0 Å². The molecule has 0 saturated carbocycles. The van der Waals surface area contributed by atoms with Gasteiger partial charge in [-0.2, -0.15) is 4.98 Å². The van der Waals surface area contributed by atoms with E-state index in [1.165, 1.54) is 4.88 Å². The number of rotatable bonds is 4. The third-order valence-electron chi connectivity index (χ3n) is 2.10. The Morgan fingerprint density at radius 1 is 1.38 bits per heavy atom. The largest absolute Gasteiger partial charge is 0.477 e. The van der Waals surface area contributed by atoms with Gasteiger partial charge in [-0.25, -0.2) is 4.98 Å². The predicted molar refractivity (Wildman–Crippen MR) is 67.5 cm³/mol. The van der Waals surface area contributed by atoms with Gasteiger partial charge in [-0.3, -0.25) is 0 Å². The lowest BCUT2D eigenvalue weighted by Crippen LogP contribution is -2.04. The van der Waals surface area contributed by atoms with Crippen LogP contribution in [-0.4, -0.2) is 23.1 Å². The van der Waals surface area contributed by atoms with Crippen molar-refractivity contribution in [1.82, 2.24) is 9.97 Å². The molecule has 16 heavy (non-hydrogen) atoms. The number of aryl methyl sites for hydroxylation is 1. The van der Waals surface area contributed by atoms with Gasteiger partial charge in [0, 0.05) is 11.4 Å². The number of nitrogens with one attached hydrogen (secondary N) is 1. The monoisotopic (exact) mass is 237 g/mol. The summed E-state index contributed by atoms with van der Waals surface area (Å²) in [6, 6.07) is 2.07. The summed E-state index contributed by atoms with van der Waals surface area (Å²) in [5.74, 6) is 1.31. The highest BCUT2D eigenvalue weighted by molar-refractivity contribution is 7.18. The molecule has 0 unspecified atom stereocenters. The van der Waals surface area contributed by atoms with E-state index in [1.54, 1.807) is 11.3 Å². The molecule has 0 saturated heterocycles. The summed E-state index contributed by atoms with van der Waals surface area (Å²) in [7, 11) is 0. The molecule has 2 heterocycles. The van der Waals surface area contributed by atoms with Crippen LogP contribution >= 0.6 is 11.3 Å². The highest BCUT2D eigenvalue weighted by Crippen LogP contribution is 2.30. The Labute approximate surface area is 98.7 Å². The molecule has 86 valence electrons. The van der Waals surface area contributed by atoms with Crippen molar-refractivity contribution in [3.63, 3.8) is 0 Å². The van der Waals surface area contributed by atoms with E-state index in [0.29, 0.717) is 18.4 Å². The molecule has 0 spiro atoms. The van der Waals surface area contributed by atoms with Crippen molar-refractivity contribution in [2.75, 3.05) is 18.5 Å². The third-order valence-corrected chi connectivity index (χ3v) is 3.04. The quantitative estimate of drug-likeness (QED) is 0.888. The van der Waals surface area contributed by atoms with Crippen LogP contribution in [0.4, 0.5) is 5.95 Å². The summed E-state index contributed by atoms with van der Waals surface area (Å²) in [6.07, 6.45) is 0. The van der Waals surface area contributed by atoms with Crippen LogP contribution in [0, 0.1) is 6.92 Å². The molecule has 0 bridgehead atoms. The maximum atomic E-state index is 5.54. The molecule has 0 aliphatic carbocycles. The van der Waals surface area contributed by atoms with Crippen molar-refractivity contribution < 1.29 is 4.74 Å². The van der Waals surface area contributed by atoms with E-state index >= 15 is 0 Å². The van der Waals surface area contributed by atoms with Crippen molar-refractivity contribution in [3.05, 3.63) is 10.9 Å². The molecule has 0 amide bonds. The molecule has 0 radical (unpaired) electrons. The second-order valence-corrected chi connectivity index (χ2v) is 4.63. The zero-order valence-corrected chi connectivity index (χ0v) is 10.5. The maximum Gasteiger partial charge on any atom is 0.227 e. The standard InChI is InChI=1S/C11H15N3OS/c1-4-12-11-13-9(15-5-2)8-6-7(3)16-10(8)14-11/h6H,4-5H2,1-3H3,(H,12,13,14). The number of thiophene rings is 1. The minimum absolute atomic E-state index is 0.618. The first-order chi connectivity index (χ1) is 7.74. The summed E-state index contributed by atoms with van der Waals surface area (Å²) < 4.78 is 5.54. The Balaban J connectivity index is 2.53. The Morgan fingerprint density at radius 3 is 2.88 bits per heavy atom. The number of fused-ring (bicyclic) bond motifs is 1. The van der Waals surface area contributed by atoms with E-state index < -0.39 is 0 Å². The fourth-order valence-corrected chi connectivity index (χ4v) is 2.37. The summed E-state index contributed by atoms with van der Waals surface area (Å²) in [5.41, 5.74) is 0. The Hall–Kier alpha value is -1.36. The van der Waals surface area contributed by atoms with Crippen LogP contribution in [0.1, 0.15) is 18.7 Å². The van der Waals surface area contributed by atoms with Crippen LogP contribution in [0.15, 0.2) is 6.07 Å². The number of aromatic nitrogens is 2. The number of anilines is 1. The summed E-state index contributed by atoms with van der Waals surface area (Å²) in [4.78, 5) is 11.0. The van der Waals surface area contributed by atoms with Crippen molar-refractivity contribution >= 4 is 27.5 Å². The highest BCUT2D eigenvalue weighted by atomic mass is 32.1. The van der Waals surface area contributed by atoms with E-state index in [4.69, 9.17) is 4.74 Å². The molecule has 2 aromatic heterocycles. The fourth-order valence-electron chi connectivity index (χ4n) is 1.50. The maximum absolute atomic E-state index is 5.54. The molecule has 5 heteroatoms. The number of ether oxygens (including phenoxy) is 1. The van der Waals surface area contributed by atoms with Gasteiger partial charge in [-0.05, 0) is 26.8 Å². The molecule has 2 aromatic rings. The van der Waals surface area contributed by atoms with E-state index in [-0.39, 0.29) is 0 Å². The smallest absolute Gasteiger partial charge is 0.227 e. The van der Waals surface area contributed by atoms with Crippen LogP contribution in [0.3, 0.4) is 0 Å². The topological polar surface area (TPSA) is 47.0 Å². The second kappa shape index (κ2) is 4.65. The molecular formula is C11H15N3OS. The van der Waals surface area contributed by atoms with Gasteiger partial charge in [-0.1, -0.05) is 0 Å². The Kier molecular flexibility index (Phi) is 3.24. The summed E-state index contributed by atoms with van der Waals surface area (Å²) in [5, 5.41) is 4.12. The number of hydrogen-bond acceptors (Lipinski definition) is 5. The van der Waals surface area contributed by atoms with Crippen molar-refractivity contribution in [1.29, 1.82) is 0 Å². The molecule has 0 aromatic carbocycles. The van der Waals surface area contributed by atoms with Gasteiger partial charge in [0.15, 0.2) is 0 Å². The minimum atomic E-state index is 0.618. The van der Waals surface area contributed by atoms with Crippen molar-refractivity contribution in [2.24, 2.45) is 0 Å². The number of nitrogens with zero attached hydrogens (tertiary/aromatic N) is 2. The summed E-state index contributed by atoms with van der Waals surface area (Å²) in [6.45, 7) is 7.47. The van der Waals surface area contributed by atoms with Crippen LogP contribution in [0.2, 0.25) is 0 Å². The number of hydrogen-bond donors (Lipinski definition) is 1. The van der Waals surface area contributed by atoms with Gasteiger partial charge in [-0.15, -0.1) is 11.3 Å². The first-order valence-corrected chi connectivity index (χ1v) is 6.21. The van der Waals surface area contributed by atoms with Gasteiger partial charge in [0.2, 0.25) is 11.8 Å². The molecule has 0 aliphatic heterocycles. The minimum Gasteiger partial charge on any atom is -0.477 e. The molecule has 0 atom stereocenters. The van der Waals surface area contributed by atoms with E-state index in [2.05, 4.69) is 28.3 Å². The van der Waals surface area contributed by atoms with Gasteiger partial charge < -0.3 is 10.1 Å². The lowest BCUT2D eigenvalue weighted by Gasteiger charge is -2.06. The average molecular weight is 237 g/mol. The molecule has 1 N–H and O–H groups in total. The van der Waals surface area contributed by atoms with Gasteiger partial charge in [0.25, 0.3) is 0 Å². The average Bonchev–Trinajstić information content (AvgIpc) is 2.60. The van der Waals surface area contributed by atoms with Gasteiger partial charge >= 0.3 is 0 Å². The zero-order chi connectivity index (χ0) is 11.5. The molecule has 2 rings (SSSR count). The first kappa shape index (κ1) is 11.1. The van der Waals surface area contributed by atoms with Crippen LogP contribution in [0.5, 0.6) is 5.88 Å².